The zero-order valence-electron chi connectivity index (χ0n) is 16.0. The summed E-state index contributed by atoms with van der Waals surface area (Å²) in [5, 5.41) is 12.7. The Balaban J connectivity index is 1.60. The molecule has 0 bridgehead atoms. The van der Waals surface area contributed by atoms with Crippen molar-refractivity contribution in [3.8, 4) is 11.8 Å². The molecule has 1 atom stereocenters. The predicted octanol–water partition coefficient (Wildman–Crippen LogP) is 4.15. The van der Waals surface area contributed by atoms with Gasteiger partial charge >= 0.3 is 0 Å². The Hall–Kier alpha value is -2.75. The van der Waals surface area contributed by atoms with E-state index >= 15 is 0 Å². The van der Waals surface area contributed by atoms with Gasteiger partial charge in [-0.25, -0.2) is 4.98 Å². The summed E-state index contributed by atoms with van der Waals surface area (Å²) in [5.41, 5.74) is 9.05. The Kier molecular flexibility index (Phi) is 6.40. The van der Waals surface area contributed by atoms with E-state index in [0.717, 1.165) is 28.3 Å². The number of anilines is 1. The van der Waals surface area contributed by atoms with Crippen LogP contribution in [0.15, 0.2) is 42.5 Å². The summed E-state index contributed by atoms with van der Waals surface area (Å²) in [4.78, 5) is 4.66. The van der Waals surface area contributed by atoms with E-state index in [2.05, 4.69) is 34.8 Å². The number of benzene rings is 2. The van der Waals surface area contributed by atoms with Gasteiger partial charge in [-0.1, -0.05) is 23.7 Å². The van der Waals surface area contributed by atoms with Crippen LogP contribution in [-0.2, 0) is 6.42 Å². The minimum atomic E-state index is -0.206. The first-order chi connectivity index (χ1) is 13.5. The van der Waals surface area contributed by atoms with E-state index in [1.807, 2.05) is 42.5 Å². The number of ether oxygens (including phenoxy) is 1. The van der Waals surface area contributed by atoms with Gasteiger partial charge in [0.1, 0.15) is 12.4 Å². The molecule has 0 saturated carbocycles. The van der Waals surface area contributed by atoms with Crippen molar-refractivity contribution in [2.75, 3.05) is 18.5 Å². The summed E-state index contributed by atoms with van der Waals surface area (Å²) in [6.07, 6.45) is 0.395. The zero-order valence-corrected chi connectivity index (χ0v) is 16.8. The topological polar surface area (TPSA) is 88.9 Å². The van der Waals surface area contributed by atoms with Crippen LogP contribution < -0.4 is 15.8 Å². The number of aromatic nitrogens is 2. The Morgan fingerprint density at radius 1 is 1.25 bits per heavy atom. The summed E-state index contributed by atoms with van der Waals surface area (Å²) in [7, 11) is 0. The number of nitrogens with one attached hydrogen (secondary N) is 1. The van der Waals surface area contributed by atoms with Crippen molar-refractivity contribution in [1.82, 2.24) is 9.55 Å². The maximum absolute atomic E-state index is 8.71. The fourth-order valence-corrected chi connectivity index (χ4v) is 3.16. The van der Waals surface area contributed by atoms with Crippen molar-refractivity contribution in [3.05, 3.63) is 53.1 Å². The summed E-state index contributed by atoms with van der Waals surface area (Å²) in [6, 6.07) is 15.3. The van der Waals surface area contributed by atoms with Crippen LogP contribution in [0.5, 0.6) is 5.75 Å². The molecule has 0 fully saturated rings. The number of halogens is 1. The molecule has 1 heterocycles. The number of rotatable bonds is 8. The second-order valence-corrected chi connectivity index (χ2v) is 7.40. The molecule has 0 aliphatic heterocycles. The van der Waals surface area contributed by atoms with Gasteiger partial charge in [0.15, 0.2) is 0 Å². The third kappa shape index (κ3) is 4.75. The van der Waals surface area contributed by atoms with Gasteiger partial charge < -0.3 is 20.4 Å². The van der Waals surface area contributed by atoms with Gasteiger partial charge in [0.25, 0.3) is 0 Å². The van der Waals surface area contributed by atoms with Crippen molar-refractivity contribution in [1.29, 1.82) is 5.26 Å². The molecular weight excluding hydrogens is 374 g/mol. The lowest BCUT2D eigenvalue weighted by atomic mass is 10.2. The second-order valence-electron chi connectivity index (χ2n) is 6.96. The Bertz CT molecular complexity index is 975. The largest absolute Gasteiger partial charge is 0.492 e. The monoisotopic (exact) mass is 397 g/mol. The fraction of sp³-hybridized carbons (Fsp3) is 0.333. The number of hydrogen-bond acceptors (Lipinski definition) is 5. The van der Waals surface area contributed by atoms with Crippen LogP contribution >= 0.6 is 11.6 Å². The van der Waals surface area contributed by atoms with E-state index in [1.165, 1.54) is 0 Å². The SMILES string of the molecule is CC(C)n1c(NCC(N)COc2ccc(CC#N)cc2)nc2ccc(Cl)cc21. The van der Waals surface area contributed by atoms with E-state index in [9.17, 15) is 0 Å². The number of imidazole rings is 1. The molecule has 3 N–H and O–H groups in total. The molecule has 3 aromatic rings. The Morgan fingerprint density at radius 2 is 2.00 bits per heavy atom. The zero-order chi connectivity index (χ0) is 20.1. The Morgan fingerprint density at radius 3 is 2.68 bits per heavy atom. The quantitative estimate of drug-likeness (QED) is 0.595. The molecule has 0 amide bonds. The van der Waals surface area contributed by atoms with E-state index in [1.54, 1.807) is 0 Å². The molecule has 0 aliphatic carbocycles. The minimum Gasteiger partial charge on any atom is -0.492 e. The number of nitriles is 1. The number of fused-ring (bicyclic) bond motifs is 1. The molecule has 28 heavy (non-hydrogen) atoms. The normalized spacial score (nSPS) is 12.1. The van der Waals surface area contributed by atoms with E-state index < -0.39 is 0 Å². The first-order valence-corrected chi connectivity index (χ1v) is 9.61. The van der Waals surface area contributed by atoms with Crippen LogP contribution in [-0.4, -0.2) is 28.7 Å². The molecule has 0 aliphatic rings. The van der Waals surface area contributed by atoms with Crippen LogP contribution in [0.4, 0.5) is 5.95 Å². The molecule has 2 aromatic carbocycles. The van der Waals surface area contributed by atoms with E-state index in [4.69, 9.17) is 27.3 Å². The van der Waals surface area contributed by atoms with Crippen molar-refractivity contribution in [2.24, 2.45) is 5.73 Å². The van der Waals surface area contributed by atoms with Crippen LogP contribution in [0, 0.1) is 11.3 Å². The fourth-order valence-electron chi connectivity index (χ4n) is 2.99. The second kappa shape index (κ2) is 8.96. The molecule has 0 radical (unpaired) electrons. The molecular formula is C21H24ClN5O. The standard InChI is InChI=1S/C21H24ClN5O/c1-14(2)27-20-11-16(22)5-8-19(20)26-21(27)25-12-17(24)13-28-18-6-3-15(4-7-18)9-10-23/h3-8,11,14,17H,9,12-13,24H2,1-2H3,(H,25,26). The van der Waals surface area contributed by atoms with Gasteiger partial charge in [-0.3, -0.25) is 0 Å². The van der Waals surface area contributed by atoms with Gasteiger partial charge in [0.05, 0.1) is 29.6 Å². The smallest absolute Gasteiger partial charge is 0.204 e. The highest BCUT2D eigenvalue weighted by Crippen LogP contribution is 2.26. The molecule has 1 unspecified atom stereocenters. The Labute approximate surface area is 169 Å². The van der Waals surface area contributed by atoms with Gasteiger partial charge in [-0.2, -0.15) is 5.26 Å². The number of nitrogens with two attached hydrogens (primary N) is 1. The molecule has 146 valence electrons. The molecule has 7 heteroatoms. The van der Waals surface area contributed by atoms with Crippen molar-refractivity contribution < 1.29 is 4.74 Å². The van der Waals surface area contributed by atoms with Crippen LogP contribution in [0.3, 0.4) is 0 Å². The third-order valence-electron chi connectivity index (χ3n) is 4.36. The summed E-state index contributed by atoms with van der Waals surface area (Å²) >= 11 is 6.14. The summed E-state index contributed by atoms with van der Waals surface area (Å²) < 4.78 is 7.86. The number of hydrogen-bond donors (Lipinski definition) is 2. The lowest BCUT2D eigenvalue weighted by molar-refractivity contribution is 0.292. The van der Waals surface area contributed by atoms with Gasteiger partial charge in [0.2, 0.25) is 5.95 Å². The van der Waals surface area contributed by atoms with Gasteiger partial charge in [-0.15, -0.1) is 0 Å². The van der Waals surface area contributed by atoms with Crippen LogP contribution in [0.1, 0.15) is 25.5 Å². The van der Waals surface area contributed by atoms with Crippen molar-refractivity contribution in [3.63, 3.8) is 0 Å². The average Bonchev–Trinajstić information content (AvgIpc) is 3.03. The van der Waals surface area contributed by atoms with Crippen LogP contribution in [0.2, 0.25) is 5.02 Å². The highest BCUT2D eigenvalue weighted by molar-refractivity contribution is 6.31. The highest BCUT2D eigenvalue weighted by atomic mass is 35.5. The van der Waals surface area contributed by atoms with Crippen molar-refractivity contribution in [2.45, 2.75) is 32.4 Å². The lowest BCUT2D eigenvalue weighted by Crippen LogP contribution is -2.35. The average molecular weight is 398 g/mol. The lowest BCUT2D eigenvalue weighted by Gasteiger charge is -2.17. The maximum Gasteiger partial charge on any atom is 0.204 e. The number of nitrogens with zero attached hydrogens (tertiary/aromatic N) is 3. The molecule has 3 rings (SSSR count). The highest BCUT2D eigenvalue weighted by Gasteiger charge is 2.14. The first-order valence-electron chi connectivity index (χ1n) is 9.23. The van der Waals surface area contributed by atoms with Gasteiger partial charge in [-0.05, 0) is 49.7 Å². The first kappa shape index (κ1) is 20.0. The minimum absolute atomic E-state index is 0.206. The molecule has 6 nitrogen and oxygen atoms in total. The van der Waals surface area contributed by atoms with Crippen LogP contribution in [0.25, 0.3) is 11.0 Å². The molecule has 0 spiro atoms. The summed E-state index contributed by atoms with van der Waals surface area (Å²) in [5.74, 6) is 1.50. The van der Waals surface area contributed by atoms with Gasteiger partial charge in [0, 0.05) is 17.6 Å². The van der Waals surface area contributed by atoms with E-state index in [0.29, 0.717) is 24.6 Å². The third-order valence-corrected chi connectivity index (χ3v) is 4.60. The molecule has 0 saturated heterocycles. The maximum atomic E-state index is 8.71. The van der Waals surface area contributed by atoms with E-state index in [-0.39, 0.29) is 12.1 Å². The molecule has 1 aromatic heterocycles. The predicted molar refractivity (Wildman–Crippen MR) is 113 cm³/mol. The van der Waals surface area contributed by atoms with Crippen molar-refractivity contribution >= 4 is 28.6 Å². The summed E-state index contributed by atoms with van der Waals surface area (Å²) in [6.45, 7) is 5.10.